The first-order valence-electron chi connectivity index (χ1n) is 7.40. The Labute approximate surface area is 140 Å². The Morgan fingerprint density at radius 2 is 2.14 bits per heavy atom. The maximum Gasteiger partial charge on any atom is 0.138 e. The molecule has 1 aromatic carbocycles. The lowest BCUT2D eigenvalue weighted by atomic mass is 9.71. The smallest absolute Gasteiger partial charge is 0.138 e. The Balaban J connectivity index is 1.82. The molecule has 4 atom stereocenters. The van der Waals surface area contributed by atoms with Crippen molar-refractivity contribution < 1.29 is 14.6 Å². The van der Waals surface area contributed by atoms with Gasteiger partial charge in [0.25, 0.3) is 0 Å². The molecule has 1 saturated heterocycles. The van der Waals surface area contributed by atoms with Gasteiger partial charge in [0, 0.05) is 28.3 Å². The summed E-state index contributed by atoms with van der Waals surface area (Å²) >= 11 is 12.1. The van der Waals surface area contributed by atoms with E-state index in [1.54, 1.807) is 12.1 Å². The molecule has 1 aliphatic carbocycles. The molecule has 2 bridgehead atoms. The fourth-order valence-electron chi connectivity index (χ4n) is 3.05. The third-order valence-corrected chi connectivity index (χ3v) is 5.31. The molecule has 22 heavy (non-hydrogen) atoms. The molecular formula is C17H18Cl2O3. The number of benzene rings is 1. The number of fused-ring (bicyclic) bond motifs is 2. The predicted octanol–water partition coefficient (Wildman–Crippen LogP) is 4.71. The van der Waals surface area contributed by atoms with E-state index in [1.807, 2.05) is 32.1 Å². The van der Waals surface area contributed by atoms with Crippen LogP contribution in [0, 0.1) is 11.8 Å². The van der Waals surface area contributed by atoms with Crippen LogP contribution >= 0.6 is 23.2 Å². The van der Waals surface area contributed by atoms with Crippen molar-refractivity contribution in [3.8, 4) is 0 Å². The number of Topliss-reactive ketones (excluding diaryl/α,β-unsaturated/α-hetero) is 1. The van der Waals surface area contributed by atoms with Crippen molar-refractivity contribution in [3.63, 3.8) is 0 Å². The van der Waals surface area contributed by atoms with E-state index in [0.717, 1.165) is 12.0 Å². The molecule has 0 aromatic heterocycles. The zero-order valence-electron chi connectivity index (χ0n) is 12.5. The Hall–Kier alpha value is -0.870. The van der Waals surface area contributed by atoms with Gasteiger partial charge in [0.05, 0.1) is 0 Å². The first-order valence-corrected chi connectivity index (χ1v) is 8.16. The number of carbonyl (C=O) groups excluding carboxylic acids is 1. The SMILES string of the molecule is C[C@H]1C(=O)C[C@@H]2C[C@H]1OO[C@]2(C)C=Cc1ccc(Cl)cc1Cl. The van der Waals surface area contributed by atoms with Gasteiger partial charge in [0.15, 0.2) is 0 Å². The van der Waals surface area contributed by atoms with E-state index in [4.69, 9.17) is 33.0 Å². The molecule has 1 aliphatic heterocycles. The Kier molecular flexibility index (Phi) is 4.34. The average Bonchev–Trinajstić information content (AvgIpc) is 2.47. The molecule has 1 saturated carbocycles. The fraction of sp³-hybridized carbons (Fsp3) is 0.471. The highest BCUT2D eigenvalue weighted by atomic mass is 35.5. The van der Waals surface area contributed by atoms with Crippen LogP contribution < -0.4 is 0 Å². The number of hydrogen-bond donors (Lipinski definition) is 0. The van der Waals surface area contributed by atoms with Gasteiger partial charge in [0.2, 0.25) is 0 Å². The summed E-state index contributed by atoms with van der Waals surface area (Å²) in [7, 11) is 0. The number of carbonyl (C=O) groups is 1. The van der Waals surface area contributed by atoms with Crippen LogP contribution in [0.5, 0.6) is 0 Å². The van der Waals surface area contributed by atoms with Gasteiger partial charge in [-0.25, -0.2) is 9.78 Å². The maximum atomic E-state index is 12.1. The molecular weight excluding hydrogens is 323 g/mol. The summed E-state index contributed by atoms with van der Waals surface area (Å²) in [6, 6.07) is 5.34. The maximum absolute atomic E-state index is 12.1. The van der Waals surface area contributed by atoms with Gasteiger partial charge in [-0.3, -0.25) is 4.79 Å². The van der Waals surface area contributed by atoms with Gasteiger partial charge in [-0.1, -0.05) is 42.3 Å². The van der Waals surface area contributed by atoms with Gasteiger partial charge in [0.1, 0.15) is 17.5 Å². The summed E-state index contributed by atoms with van der Waals surface area (Å²) in [6.07, 6.45) is 5.04. The largest absolute Gasteiger partial charge is 0.299 e. The first-order chi connectivity index (χ1) is 10.4. The van der Waals surface area contributed by atoms with E-state index in [9.17, 15) is 4.79 Å². The summed E-state index contributed by atoms with van der Waals surface area (Å²) in [5.74, 6) is 0.279. The molecule has 0 radical (unpaired) electrons. The minimum atomic E-state index is -0.630. The van der Waals surface area contributed by atoms with Crippen molar-refractivity contribution in [1.29, 1.82) is 0 Å². The van der Waals surface area contributed by atoms with Gasteiger partial charge < -0.3 is 0 Å². The molecule has 2 aliphatic rings. The molecule has 3 nitrogen and oxygen atoms in total. The number of ketones is 1. The van der Waals surface area contributed by atoms with Crippen molar-refractivity contribution in [2.45, 2.75) is 38.4 Å². The lowest BCUT2D eigenvalue weighted by molar-refractivity contribution is -0.415. The summed E-state index contributed by atoms with van der Waals surface area (Å²) in [5, 5.41) is 1.18. The summed E-state index contributed by atoms with van der Waals surface area (Å²) in [5.41, 5.74) is 0.225. The van der Waals surface area contributed by atoms with Crippen molar-refractivity contribution >= 4 is 35.1 Å². The van der Waals surface area contributed by atoms with Gasteiger partial charge >= 0.3 is 0 Å². The molecule has 5 heteroatoms. The standard InChI is InChI=1S/C17H18Cl2O3/c1-10-15(20)7-12-8-16(10)21-22-17(12,2)6-5-11-3-4-13(18)9-14(11)19/h3-6,9-10,12,16H,7-8H2,1-2H3/t10-,12+,16+,17+/m0/s1. The van der Waals surface area contributed by atoms with Crippen molar-refractivity contribution in [1.82, 2.24) is 0 Å². The highest BCUT2D eigenvalue weighted by molar-refractivity contribution is 6.35. The van der Waals surface area contributed by atoms with E-state index in [-0.39, 0.29) is 23.7 Å². The van der Waals surface area contributed by atoms with Crippen LogP contribution in [0.4, 0.5) is 0 Å². The van der Waals surface area contributed by atoms with Crippen molar-refractivity contribution in [2.75, 3.05) is 0 Å². The molecule has 2 fully saturated rings. The van der Waals surface area contributed by atoms with E-state index in [0.29, 0.717) is 16.5 Å². The van der Waals surface area contributed by atoms with E-state index < -0.39 is 5.60 Å². The van der Waals surface area contributed by atoms with Crippen molar-refractivity contribution in [3.05, 3.63) is 39.9 Å². The van der Waals surface area contributed by atoms with Gasteiger partial charge in [-0.2, -0.15) is 0 Å². The lowest BCUT2D eigenvalue weighted by Gasteiger charge is -2.45. The zero-order valence-corrected chi connectivity index (χ0v) is 14.0. The van der Waals surface area contributed by atoms with Crippen LogP contribution in [0.25, 0.3) is 6.08 Å². The molecule has 0 amide bonds. The van der Waals surface area contributed by atoms with E-state index in [2.05, 4.69) is 0 Å². The second kappa shape index (κ2) is 5.97. The molecule has 1 aromatic rings. The molecule has 0 unspecified atom stereocenters. The Morgan fingerprint density at radius 1 is 1.36 bits per heavy atom. The van der Waals surface area contributed by atoms with E-state index >= 15 is 0 Å². The quantitative estimate of drug-likeness (QED) is 0.731. The Morgan fingerprint density at radius 3 is 2.86 bits per heavy atom. The highest BCUT2D eigenvalue weighted by Gasteiger charge is 2.48. The summed E-state index contributed by atoms with van der Waals surface area (Å²) < 4.78 is 0. The van der Waals surface area contributed by atoms with Crippen LogP contribution in [0.3, 0.4) is 0 Å². The van der Waals surface area contributed by atoms with Gasteiger partial charge in [-0.15, -0.1) is 0 Å². The number of rotatable bonds is 2. The lowest BCUT2D eigenvalue weighted by Crippen LogP contribution is -2.51. The number of hydrogen-bond acceptors (Lipinski definition) is 3. The first kappa shape index (κ1) is 16.0. The van der Waals surface area contributed by atoms with Crippen LogP contribution in [0.15, 0.2) is 24.3 Å². The average molecular weight is 341 g/mol. The second-order valence-corrected chi connectivity index (χ2v) is 7.14. The van der Waals surface area contributed by atoms with Crippen LogP contribution in [-0.2, 0) is 14.6 Å². The van der Waals surface area contributed by atoms with Crippen LogP contribution in [0.1, 0.15) is 32.3 Å². The third kappa shape index (κ3) is 2.95. The molecule has 1 heterocycles. The Bertz CT molecular complexity index is 628. The van der Waals surface area contributed by atoms with E-state index in [1.165, 1.54) is 0 Å². The fourth-order valence-corrected chi connectivity index (χ4v) is 3.52. The highest BCUT2D eigenvalue weighted by Crippen LogP contribution is 2.43. The third-order valence-electron chi connectivity index (χ3n) is 4.75. The minimum Gasteiger partial charge on any atom is -0.299 e. The predicted molar refractivity (Wildman–Crippen MR) is 86.8 cm³/mol. The monoisotopic (exact) mass is 340 g/mol. The zero-order chi connectivity index (χ0) is 15.9. The number of halogens is 2. The topological polar surface area (TPSA) is 35.5 Å². The molecule has 3 rings (SSSR count). The van der Waals surface area contributed by atoms with Crippen molar-refractivity contribution in [2.24, 2.45) is 11.8 Å². The second-order valence-electron chi connectivity index (χ2n) is 6.29. The molecule has 118 valence electrons. The summed E-state index contributed by atoms with van der Waals surface area (Å²) in [4.78, 5) is 23.2. The summed E-state index contributed by atoms with van der Waals surface area (Å²) in [6.45, 7) is 3.84. The molecule has 0 spiro atoms. The van der Waals surface area contributed by atoms with Crippen LogP contribution in [-0.4, -0.2) is 17.5 Å². The normalized spacial score (nSPS) is 35.1. The van der Waals surface area contributed by atoms with Crippen LogP contribution in [0.2, 0.25) is 10.0 Å². The molecule has 0 N–H and O–H groups in total. The van der Waals surface area contributed by atoms with Gasteiger partial charge in [-0.05, 0) is 37.1 Å². The minimum absolute atomic E-state index is 0.0875.